The van der Waals surface area contributed by atoms with Gasteiger partial charge in [-0.1, -0.05) is 31.5 Å². The van der Waals surface area contributed by atoms with Crippen LogP contribution in [0.2, 0.25) is 0 Å². The van der Waals surface area contributed by atoms with Crippen molar-refractivity contribution in [3.63, 3.8) is 0 Å². The van der Waals surface area contributed by atoms with Crippen LogP contribution in [-0.2, 0) is 0 Å². The highest BCUT2D eigenvalue weighted by Crippen LogP contribution is 2.21. The van der Waals surface area contributed by atoms with Crippen LogP contribution in [0.25, 0.3) is 0 Å². The number of thioether (sulfide) groups is 1. The number of aliphatic imine (C=N–C) groups is 1. The molecular weight excluding hydrogens is 180 g/mol. The quantitative estimate of drug-likeness (QED) is 0.706. The maximum atomic E-state index is 4.52. The van der Waals surface area contributed by atoms with Gasteiger partial charge in [-0.15, -0.1) is 0 Å². The first-order chi connectivity index (χ1) is 6.14. The SMILES string of the molecule is CCCCCN=C1NC(C)(C)CS1. The van der Waals surface area contributed by atoms with Crippen LogP contribution in [0, 0.1) is 0 Å². The van der Waals surface area contributed by atoms with Crippen molar-refractivity contribution in [3.05, 3.63) is 0 Å². The van der Waals surface area contributed by atoms with E-state index >= 15 is 0 Å². The molecule has 0 bridgehead atoms. The molecule has 0 saturated carbocycles. The molecule has 13 heavy (non-hydrogen) atoms. The molecule has 2 nitrogen and oxygen atoms in total. The minimum Gasteiger partial charge on any atom is -0.359 e. The van der Waals surface area contributed by atoms with Gasteiger partial charge in [-0.05, 0) is 20.3 Å². The van der Waals surface area contributed by atoms with Crippen molar-refractivity contribution in [2.24, 2.45) is 4.99 Å². The van der Waals surface area contributed by atoms with Crippen molar-refractivity contribution in [2.75, 3.05) is 12.3 Å². The Morgan fingerprint density at radius 3 is 2.77 bits per heavy atom. The molecule has 0 aromatic carbocycles. The first kappa shape index (κ1) is 10.9. The molecule has 0 amide bonds. The van der Waals surface area contributed by atoms with Crippen molar-refractivity contribution >= 4 is 16.9 Å². The summed E-state index contributed by atoms with van der Waals surface area (Å²) in [5, 5.41) is 4.56. The number of nitrogens with one attached hydrogen (secondary N) is 1. The van der Waals surface area contributed by atoms with E-state index in [0.29, 0.717) is 0 Å². The average Bonchev–Trinajstić information content (AvgIpc) is 2.40. The van der Waals surface area contributed by atoms with E-state index in [9.17, 15) is 0 Å². The molecular formula is C10H20N2S. The van der Waals surface area contributed by atoms with Gasteiger partial charge in [0.15, 0.2) is 5.17 Å². The van der Waals surface area contributed by atoms with Crippen LogP contribution >= 0.6 is 11.8 Å². The average molecular weight is 200 g/mol. The largest absolute Gasteiger partial charge is 0.359 e. The van der Waals surface area contributed by atoms with E-state index in [1.165, 1.54) is 19.3 Å². The molecule has 1 heterocycles. The van der Waals surface area contributed by atoms with Crippen molar-refractivity contribution in [1.82, 2.24) is 5.32 Å². The van der Waals surface area contributed by atoms with E-state index < -0.39 is 0 Å². The lowest BCUT2D eigenvalue weighted by Gasteiger charge is -2.15. The Hall–Kier alpha value is -0.180. The number of hydrogen-bond acceptors (Lipinski definition) is 2. The van der Waals surface area contributed by atoms with Gasteiger partial charge in [-0.2, -0.15) is 0 Å². The lowest BCUT2D eigenvalue weighted by atomic mass is 10.1. The Balaban J connectivity index is 2.22. The molecule has 1 aliphatic rings. The topological polar surface area (TPSA) is 24.4 Å². The van der Waals surface area contributed by atoms with Crippen LogP contribution < -0.4 is 5.32 Å². The zero-order chi connectivity index (χ0) is 9.73. The summed E-state index contributed by atoms with van der Waals surface area (Å²) in [6.07, 6.45) is 3.80. The molecule has 0 radical (unpaired) electrons. The third-order valence-electron chi connectivity index (χ3n) is 2.03. The lowest BCUT2D eigenvalue weighted by Crippen LogP contribution is -2.36. The van der Waals surface area contributed by atoms with Crippen LogP contribution in [0.3, 0.4) is 0 Å². The molecule has 0 aromatic rings. The van der Waals surface area contributed by atoms with Gasteiger partial charge in [0.2, 0.25) is 0 Å². The summed E-state index contributed by atoms with van der Waals surface area (Å²) in [6, 6.07) is 0. The standard InChI is InChI=1S/C10H20N2S/c1-4-5-6-7-11-9-12-10(2,3)8-13-9/h4-8H2,1-3H3,(H,11,12). The number of rotatable bonds is 4. The van der Waals surface area contributed by atoms with E-state index in [2.05, 4.69) is 31.1 Å². The van der Waals surface area contributed by atoms with Crippen molar-refractivity contribution in [1.29, 1.82) is 0 Å². The summed E-state index contributed by atoms with van der Waals surface area (Å²) in [4.78, 5) is 4.52. The maximum absolute atomic E-state index is 4.52. The summed E-state index contributed by atoms with van der Waals surface area (Å²) < 4.78 is 0. The summed E-state index contributed by atoms with van der Waals surface area (Å²) in [5.41, 5.74) is 0.244. The number of unbranched alkanes of at least 4 members (excludes halogenated alkanes) is 2. The zero-order valence-corrected chi connectivity index (χ0v) is 9.71. The van der Waals surface area contributed by atoms with Gasteiger partial charge in [0.1, 0.15) is 0 Å². The van der Waals surface area contributed by atoms with Crippen LogP contribution in [0.1, 0.15) is 40.0 Å². The fraction of sp³-hybridized carbons (Fsp3) is 0.900. The molecule has 76 valence electrons. The van der Waals surface area contributed by atoms with Crippen LogP contribution in [0.5, 0.6) is 0 Å². The molecule has 0 atom stereocenters. The van der Waals surface area contributed by atoms with E-state index in [0.717, 1.165) is 17.5 Å². The third-order valence-corrected chi connectivity index (χ3v) is 3.40. The van der Waals surface area contributed by atoms with E-state index in [-0.39, 0.29) is 5.54 Å². The smallest absolute Gasteiger partial charge is 0.157 e. The fourth-order valence-electron chi connectivity index (χ4n) is 1.24. The lowest BCUT2D eigenvalue weighted by molar-refractivity contribution is 0.536. The van der Waals surface area contributed by atoms with Crippen molar-refractivity contribution < 1.29 is 0 Å². The van der Waals surface area contributed by atoms with Crippen LogP contribution in [0.15, 0.2) is 4.99 Å². The van der Waals surface area contributed by atoms with Gasteiger partial charge in [0.05, 0.1) is 0 Å². The second kappa shape index (κ2) is 4.89. The van der Waals surface area contributed by atoms with E-state index in [4.69, 9.17) is 0 Å². The minimum atomic E-state index is 0.244. The Bertz CT molecular complexity index is 187. The highest BCUT2D eigenvalue weighted by atomic mass is 32.2. The Labute approximate surface area is 85.6 Å². The molecule has 1 saturated heterocycles. The molecule has 1 rings (SSSR count). The third kappa shape index (κ3) is 4.03. The second-order valence-electron chi connectivity index (χ2n) is 4.19. The summed E-state index contributed by atoms with van der Waals surface area (Å²) >= 11 is 1.85. The molecule has 0 aromatic heterocycles. The second-order valence-corrected chi connectivity index (χ2v) is 5.16. The molecule has 0 spiro atoms. The highest BCUT2D eigenvalue weighted by Gasteiger charge is 2.26. The van der Waals surface area contributed by atoms with Gasteiger partial charge in [-0.3, -0.25) is 4.99 Å². The van der Waals surface area contributed by atoms with Crippen molar-refractivity contribution in [2.45, 2.75) is 45.6 Å². The molecule has 1 N–H and O–H groups in total. The normalized spacial score (nSPS) is 23.5. The predicted molar refractivity (Wildman–Crippen MR) is 61.5 cm³/mol. The molecule has 0 aliphatic carbocycles. The monoisotopic (exact) mass is 200 g/mol. The summed E-state index contributed by atoms with van der Waals surface area (Å²) in [6.45, 7) is 7.64. The maximum Gasteiger partial charge on any atom is 0.157 e. The van der Waals surface area contributed by atoms with E-state index in [1.54, 1.807) is 0 Å². The summed E-state index contributed by atoms with van der Waals surface area (Å²) in [5.74, 6) is 1.14. The predicted octanol–water partition coefficient (Wildman–Crippen LogP) is 2.65. The van der Waals surface area contributed by atoms with Gasteiger partial charge in [-0.25, -0.2) is 0 Å². The fourth-order valence-corrected chi connectivity index (χ4v) is 2.34. The van der Waals surface area contributed by atoms with Crippen LogP contribution in [-0.4, -0.2) is 23.0 Å². The number of hydrogen-bond donors (Lipinski definition) is 1. The first-order valence-corrected chi connectivity index (χ1v) is 6.08. The zero-order valence-electron chi connectivity index (χ0n) is 8.89. The van der Waals surface area contributed by atoms with Gasteiger partial charge < -0.3 is 5.32 Å². The Kier molecular flexibility index (Phi) is 4.10. The highest BCUT2D eigenvalue weighted by molar-refractivity contribution is 8.14. The van der Waals surface area contributed by atoms with Gasteiger partial charge in [0, 0.05) is 17.8 Å². The molecule has 0 unspecified atom stereocenters. The Morgan fingerprint density at radius 2 is 2.23 bits per heavy atom. The Morgan fingerprint density at radius 1 is 1.46 bits per heavy atom. The number of amidine groups is 1. The molecule has 1 fully saturated rings. The van der Waals surface area contributed by atoms with Gasteiger partial charge in [0.25, 0.3) is 0 Å². The van der Waals surface area contributed by atoms with Crippen LogP contribution in [0.4, 0.5) is 0 Å². The minimum absolute atomic E-state index is 0.244. The first-order valence-electron chi connectivity index (χ1n) is 5.09. The summed E-state index contributed by atoms with van der Waals surface area (Å²) in [7, 11) is 0. The molecule has 1 aliphatic heterocycles. The molecule has 3 heteroatoms. The van der Waals surface area contributed by atoms with Crippen molar-refractivity contribution in [3.8, 4) is 0 Å². The van der Waals surface area contributed by atoms with Gasteiger partial charge >= 0.3 is 0 Å². The van der Waals surface area contributed by atoms with E-state index in [1.807, 2.05) is 11.8 Å². The number of nitrogens with zero attached hydrogens (tertiary/aromatic N) is 1.